The van der Waals surface area contributed by atoms with E-state index in [-0.39, 0.29) is 23.1 Å². The van der Waals surface area contributed by atoms with Crippen LogP contribution in [0.15, 0.2) is 28.8 Å². The van der Waals surface area contributed by atoms with Crippen molar-refractivity contribution in [2.24, 2.45) is 13.0 Å². The molecule has 1 atom stereocenters. The number of hydrogen-bond donors (Lipinski definition) is 1. The van der Waals surface area contributed by atoms with E-state index in [0.717, 1.165) is 0 Å². The van der Waals surface area contributed by atoms with E-state index in [4.69, 9.17) is 0 Å². The van der Waals surface area contributed by atoms with Crippen molar-refractivity contribution < 1.29 is 9.59 Å². The van der Waals surface area contributed by atoms with Crippen LogP contribution in [-0.2, 0) is 7.05 Å². The Morgan fingerprint density at radius 3 is 2.62 bits per heavy atom. The highest BCUT2D eigenvalue weighted by molar-refractivity contribution is 7.15. The number of ketones is 1. The molecule has 1 N–H and O–H groups in total. The highest BCUT2D eigenvalue weighted by Crippen LogP contribution is 2.12. The maximum absolute atomic E-state index is 12.7. The summed E-state index contributed by atoms with van der Waals surface area (Å²) in [6.45, 7) is 5.42. The van der Waals surface area contributed by atoms with Crippen molar-refractivity contribution in [1.82, 2.24) is 24.3 Å². The van der Waals surface area contributed by atoms with Gasteiger partial charge in [0.1, 0.15) is 5.56 Å². The molecule has 0 radical (unpaired) electrons. The van der Waals surface area contributed by atoms with Crippen LogP contribution in [0.3, 0.4) is 0 Å². The third kappa shape index (κ3) is 3.05. The van der Waals surface area contributed by atoms with Crippen LogP contribution < -0.4 is 10.9 Å². The van der Waals surface area contributed by atoms with Crippen molar-refractivity contribution in [2.75, 3.05) is 0 Å². The van der Waals surface area contributed by atoms with Gasteiger partial charge in [0.2, 0.25) is 5.78 Å². The van der Waals surface area contributed by atoms with Crippen LogP contribution in [0.25, 0.3) is 4.96 Å². The van der Waals surface area contributed by atoms with E-state index >= 15 is 0 Å². The van der Waals surface area contributed by atoms with Gasteiger partial charge in [-0.2, -0.15) is 0 Å². The van der Waals surface area contributed by atoms with Crippen LogP contribution in [0.5, 0.6) is 0 Å². The molecule has 0 saturated heterocycles. The lowest BCUT2D eigenvalue weighted by Gasteiger charge is -2.20. The van der Waals surface area contributed by atoms with Crippen molar-refractivity contribution in [3.8, 4) is 0 Å². The molecule has 0 saturated carbocycles. The summed E-state index contributed by atoms with van der Waals surface area (Å²) in [4.78, 5) is 46.8. The number of fused-ring (bicyclic) bond motifs is 1. The minimum absolute atomic E-state index is 0.0951. The van der Waals surface area contributed by atoms with E-state index < -0.39 is 17.5 Å². The molecule has 1 amide bonds. The Morgan fingerprint density at radius 2 is 2.00 bits per heavy atom. The average Bonchev–Trinajstić information content (AvgIpc) is 3.18. The second-order valence-corrected chi connectivity index (χ2v) is 7.23. The lowest BCUT2D eigenvalue weighted by atomic mass is 9.99. The Balaban J connectivity index is 1.93. The van der Waals surface area contributed by atoms with Crippen LogP contribution >= 0.6 is 11.3 Å². The summed E-state index contributed by atoms with van der Waals surface area (Å²) in [6.07, 6.45) is 4.44. The summed E-state index contributed by atoms with van der Waals surface area (Å²) in [5.41, 5.74) is 0.169. The molecule has 0 aliphatic heterocycles. The molecule has 8 nitrogen and oxygen atoms in total. The molecule has 1 unspecified atom stereocenters. The normalized spacial score (nSPS) is 12.5. The molecule has 3 aromatic rings. The Morgan fingerprint density at radius 1 is 1.27 bits per heavy atom. The van der Waals surface area contributed by atoms with E-state index in [0.29, 0.717) is 10.7 Å². The quantitative estimate of drug-likeness (QED) is 0.682. The Labute approximate surface area is 153 Å². The van der Waals surface area contributed by atoms with E-state index in [1.54, 1.807) is 30.1 Å². The molecule has 0 aromatic carbocycles. The zero-order chi connectivity index (χ0) is 19.0. The molecular formula is C17H19N5O3S. The second kappa shape index (κ2) is 6.83. The SMILES string of the molecule is Cc1csc2ncc(C(=O)NC(C(=O)c3nccn3C)C(C)C)c(=O)n12. The van der Waals surface area contributed by atoms with Gasteiger partial charge in [0, 0.05) is 36.7 Å². The second-order valence-electron chi connectivity index (χ2n) is 6.39. The molecular weight excluding hydrogens is 354 g/mol. The predicted molar refractivity (Wildman–Crippen MR) is 97.7 cm³/mol. The number of nitrogens with one attached hydrogen (secondary N) is 1. The molecule has 3 rings (SSSR count). The van der Waals surface area contributed by atoms with Gasteiger partial charge < -0.3 is 9.88 Å². The summed E-state index contributed by atoms with van der Waals surface area (Å²) < 4.78 is 2.99. The molecule has 0 spiro atoms. The van der Waals surface area contributed by atoms with Crippen molar-refractivity contribution >= 4 is 28.0 Å². The average molecular weight is 373 g/mol. The first kappa shape index (κ1) is 18.0. The summed E-state index contributed by atoms with van der Waals surface area (Å²) >= 11 is 1.33. The molecule has 3 aromatic heterocycles. The Hall–Kier alpha value is -2.81. The maximum atomic E-state index is 12.7. The number of carbonyl (C=O) groups excluding carboxylic acids is 2. The summed E-state index contributed by atoms with van der Waals surface area (Å²) in [7, 11) is 1.71. The summed E-state index contributed by atoms with van der Waals surface area (Å²) in [5.74, 6) is -0.848. The monoisotopic (exact) mass is 373 g/mol. The van der Waals surface area contributed by atoms with Crippen LogP contribution in [0.2, 0.25) is 0 Å². The number of Topliss-reactive ketones (excluding diaryl/α,β-unsaturated/α-hetero) is 1. The minimum atomic E-state index is -0.799. The predicted octanol–water partition coefficient (Wildman–Crippen LogP) is 1.44. The lowest BCUT2D eigenvalue weighted by Crippen LogP contribution is -2.46. The van der Waals surface area contributed by atoms with Gasteiger partial charge in [-0.25, -0.2) is 9.97 Å². The van der Waals surface area contributed by atoms with Gasteiger partial charge in [0.15, 0.2) is 10.8 Å². The maximum Gasteiger partial charge on any atom is 0.271 e. The summed E-state index contributed by atoms with van der Waals surface area (Å²) in [5, 5.41) is 4.47. The van der Waals surface area contributed by atoms with Gasteiger partial charge in [-0.05, 0) is 12.8 Å². The van der Waals surface area contributed by atoms with Crippen LogP contribution in [0.1, 0.15) is 40.5 Å². The van der Waals surface area contributed by atoms with Gasteiger partial charge in [0.25, 0.3) is 11.5 Å². The molecule has 26 heavy (non-hydrogen) atoms. The molecule has 0 fully saturated rings. The summed E-state index contributed by atoms with van der Waals surface area (Å²) in [6, 6.07) is -0.799. The van der Waals surface area contributed by atoms with Crippen molar-refractivity contribution in [3.63, 3.8) is 0 Å². The Kier molecular flexibility index (Phi) is 4.73. The van der Waals surface area contributed by atoms with Crippen molar-refractivity contribution in [3.05, 3.63) is 51.4 Å². The number of nitrogens with zero attached hydrogens (tertiary/aromatic N) is 4. The highest BCUT2D eigenvalue weighted by atomic mass is 32.1. The highest BCUT2D eigenvalue weighted by Gasteiger charge is 2.29. The largest absolute Gasteiger partial charge is 0.341 e. The van der Waals surface area contributed by atoms with Gasteiger partial charge in [-0.3, -0.25) is 18.8 Å². The van der Waals surface area contributed by atoms with Crippen molar-refractivity contribution in [2.45, 2.75) is 26.8 Å². The fourth-order valence-electron chi connectivity index (χ4n) is 2.68. The lowest BCUT2D eigenvalue weighted by molar-refractivity contribution is 0.0822. The zero-order valence-corrected chi connectivity index (χ0v) is 15.7. The number of aromatic nitrogens is 4. The number of rotatable bonds is 5. The van der Waals surface area contributed by atoms with Crippen LogP contribution in [0.4, 0.5) is 0 Å². The fourth-order valence-corrected chi connectivity index (χ4v) is 3.50. The van der Waals surface area contributed by atoms with Crippen LogP contribution in [0, 0.1) is 12.8 Å². The van der Waals surface area contributed by atoms with E-state index in [2.05, 4.69) is 15.3 Å². The smallest absolute Gasteiger partial charge is 0.271 e. The third-order valence-electron chi connectivity index (χ3n) is 4.14. The van der Waals surface area contributed by atoms with E-state index in [9.17, 15) is 14.4 Å². The first-order chi connectivity index (χ1) is 12.3. The number of amides is 1. The van der Waals surface area contributed by atoms with E-state index in [1.165, 1.54) is 28.1 Å². The van der Waals surface area contributed by atoms with Gasteiger partial charge in [0.05, 0.1) is 6.04 Å². The first-order valence-corrected chi connectivity index (χ1v) is 8.97. The topological polar surface area (TPSA) is 98.4 Å². The fraction of sp³-hybridized carbons (Fsp3) is 0.353. The van der Waals surface area contributed by atoms with Crippen LogP contribution in [-0.4, -0.2) is 36.7 Å². The third-order valence-corrected chi connectivity index (χ3v) is 5.10. The number of carbonyl (C=O) groups is 2. The zero-order valence-electron chi connectivity index (χ0n) is 14.9. The number of aryl methyl sites for hydroxylation is 2. The molecule has 136 valence electrons. The molecule has 9 heteroatoms. The molecule has 0 aliphatic rings. The van der Waals surface area contributed by atoms with Gasteiger partial charge in [-0.15, -0.1) is 11.3 Å². The first-order valence-electron chi connectivity index (χ1n) is 8.09. The molecule has 0 aliphatic carbocycles. The van der Waals surface area contributed by atoms with Gasteiger partial charge >= 0.3 is 0 Å². The van der Waals surface area contributed by atoms with Gasteiger partial charge in [-0.1, -0.05) is 13.8 Å². The molecule has 3 heterocycles. The van der Waals surface area contributed by atoms with E-state index in [1.807, 2.05) is 13.8 Å². The molecule has 0 bridgehead atoms. The number of imidazole rings is 1. The Bertz CT molecular complexity index is 1050. The number of thiazole rings is 1. The minimum Gasteiger partial charge on any atom is -0.341 e. The van der Waals surface area contributed by atoms with Crippen molar-refractivity contribution in [1.29, 1.82) is 0 Å². The standard InChI is InChI=1S/C17H19N5O3S/c1-9(2)12(13(23)14-18-5-6-21(14)4)20-15(24)11-7-19-17-22(16(11)25)10(3)8-26-17/h5-9,12H,1-4H3,(H,20,24). The number of hydrogen-bond acceptors (Lipinski definition) is 6.